The van der Waals surface area contributed by atoms with Crippen LogP contribution in [0.2, 0.25) is 0 Å². The van der Waals surface area contributed by atoms with E-state index in [4.69, 9.17) is 9.47 Å². The second-order valence-corrected chi connectivity index (χ2v) is 4.06. The van der Waals surface area contributed by atoms with Gasteiger partial charge in [0, 0.05) is 5.38 Å². The molecule has 1 aromatic carbocycles. The van der Waals surface area contributed by atoms with Gasteiger partial charge in [0.1, 0.15) is 0 Å². The van der Waals surface area contributed by atoms with Crippen LogP contribution in [0.15, 0.2) is 41.1 Å². The van der Waals surface area contributed by atoms with Gasteiger partial charge in [0.05, 0.1) is 12.2 Å². The Hall–Kier alpha value is -1.81. The third-order valence-corrected chi connectivity index (χ3v) is 2.79. The lowest BCUT2D eigenvalue weighted by atomic mass is 10.3. The SMILES string of the molecule is CCOc1ccccc1OC(=O)c1ccsc1. The first-order valence-corrected chi connectivity index (χ1v) is 6.21. The number of thiophene rings is 1. The second kappa shape index (κ2) is 5.50. The molecule has 0 N–H and O–H groups in total. The molecule has 0 unspecified atom stereocenters. The third kappa shape index (κ3) is 2.85. The van der Waals surface area contributed by atoms with Gasteiger partial charge in [-0.05, 0) is 30.5 Å². The van der Waals surface area contributed by atoms with Crippen molar-refractivity contribution < 1.29 is 14.3 Å². The largest absolute Gasteiger partial charge is 0.490 e. The Balaban J connectivity index is 2.15. The first-order valence-electron chi connectivity index (χ1n) is 5.27. The zero-order chi connectivity index (χ0) is 12.1. The van der Waals surface area contributed by atoms with Gasteiger partial charge in [-0.25, -0.2) is 4.79 Å². The molecule has 4 heteroatoms. The summed E-state index contributed by atoms with van der Waals surface area (Å²) in [5.41, 5.74) is 0.557. The molecule has 0 saturated carbocycles. The minimum absolute atomic E-state index is 0.363. The van der Waals surface area contributed by atoms with Crippen molar-refractivity contribution in [2.24, 2.45) is 0 Å². The van der Waals surface area contributed by atoms with Crippen molar-refractivity contribution in [1.29, 1.82) is 0 Å². The van der Waals surface area contributed by atoms with Crippen LogP contribution in [-0.2, 0) is 0 Å². The molecule has 0 spiro atoms. The molecule has 0 bridgehead atoms. The molecule has 0 aliphatic heterocycles. The smallest absolute Gasteiger partial charge is 0.344 e. The van der Waals surface area contributed by atoms with E-state index in [1.807, 2.05) is 18.4 Å². The summed E-state index contributed by atoms with van der Waals surface area (Å²) in [4.78, 5) is 11.8. The number of rotatable bonds is 4. The zero-order valence-corrected chi connectivity index (χ0v) is 10.2. The van der Waals surface area contributed by atoms with Crippen molar-refractivity contribution in [3.8, 4) is 11.5 Å². The summed E-state index contributed by atoms with van der Waals surface area (Å²) in [5, 5.41) is 3.59. The van der Waals surface area contributed by atoms with Gasteiger partial charge in [-0.3, -0.25) is 0 Å². The topological polar surface area (TPSA) is 35.5 Å². The molecule has 2 aromatic rings. The molecule has 0 saturated heterocycles. The molecule has 0 aliphatic carbocycles. The summed E-state index contributed by atoms with van der Waals surface area (Å²) in [7, 11) is 0. The van der Waals surface area contributed by atoms with Crippen molar-refractivity contribution in [2.45, 2.75) is 6.92 Å². The maximum absolute atomic E-state index is 11.8. The van der Waals surface area contributed by atoms with Gasteiger partial charge in [-0.2, -0.15) is 11.3 Å². The van der Waals surface area contributed by atoms with Gasteiger partial charge < -0.3 is 9.47 Å². The molecule has 0 radical (unpaired) electrons. The van der Waals surface area contributed by atoms with E-state index in [0.29, 0.717) is 23.7 Å². The fourth-order valence-corrected chi connectivity index (χ4v) is 1.97. The van der Waals surface area contributed by atoms with Crippen LogP contribution in [0.25, 0.3) is 0 Å². The Labute approximate surface area is 104 Å². The average Bonchev–Trinajstić information content (AvgIpc) is 2.85. The summed E-state index contributed by atoms with van der Waals surface area (Å²) in [5.74, 6) is 0.669. The molecule has 3 nitrogen and oxygen atoms in total. The van der Waals surface area contributed by atoms with E-state index in [-0.39, 0.29) is 5.97 Å². The minimum atomic E-state index is -0.363. The fraction of sp³-hybridized carbons (Fsp3) is 0.154. The fourth-order valence-electron chi connectivity index (χ4n) is 1.35. The van der Waals surface area contributed by atoms with Crippen LogP contribution < -0.4 is 9.47 Å². The van der Waals surface area contributed by atoms with Crippen molar-refractivity contribution >= 4 is 17.3 Å². The molecule has 2 rings (SSSR count). The van der Waals surface area contributed by atoms with Crippen molar-refractivity contribution in [3.63, 3.8) is 0 Å². The van der Waals surface area contributed by atoms with Gasteiger partial charge in [-0.15, -0.1) is 0 Å². The van der Waals surface area contributed by atoms with Crippen LogP contribution in [0.1, 0.15) is 17.3 Å². The quantitative estimate of drug-likeness (QED) is 0.614. The normalized spacial score (nSPS) is 9.94. The monoisotopic (exact) mass is 248 g/mol. The Bertz CT molecular complexity index is 491. The zero-order valence-electron chi connectivity index (χ0n) is 9.38. The maximum atomic E-state index is 11.8. The molecule has 0 fully saturated rings. The highest BCUT2D eigenvalue weighted by molar-refractivity contribution is 7.08. The summed E-state index contributed by atoms with van der Waals surface area (Å²) in [6, 6.07) is 8.87. The van der Waals surface area contributed by atoms with Crippen LogP contribution in [0, 0.1) is 0 Å². The highest BCUT2D eigenvalue weighted by atomic mass is 32.1. The van der Waals surface area contributed by atoms with E-state index >= 15 is 0 Å². The Morgan fingerprint density at radius 3 is 2.65 bits per heavy atom. The van der Waals surface area contributed by atoms with Gasteiger partial charge in [-0.1, -0.05) is 12.1 Å². The van der Waals surface area contributed by atoms with Crippen molar-refractivity contribution in [1.82, 2.24) is 0 Å². The van der Waals surface area contributed by atoms with Crippen LogP contribution in [0.3, 0.4) is 0 Å². The molecule has 88 valence electrons. The molecule has 1 heterocycles. The number of benzene rings is 1. The van der Waals surface area contributed by atoms with Gasteiger partial charge in [0.2, 0.25) is 0 Å². The predicted octanol–water partition coefficient (Wildman–Crippen LogP) is 3.37. The number of carbonyl (C=O) groups is 1. The van der Waals surface area contributed by atoms with Crippen LogP contribution in [-0.4, -0.2) is 12.6 Å². The highest BCUT2D eigenvalue weighted by Crippen LogP contribution is 2.27. The Morgan fingerprint density at radius 2 is 2.00 bits per heavy atom. The molecule has 0 atom stereocenters. The lowest BCUT2D eigenvalue weighted by Gasteiger charge is -2.09. The number of hydrogen-bond donors (Lipinski definition) is 0. The molecular weight excluding hydrogens is 236 g/mol. The highest BCUT2D eigenvalue weighted by Gasteiger charge is 2.11. The van der Waals surface area contributed by atoms with Gasteiger partial charge >= 0.3 is 5.97 Å². The van der Waals surface area contributed by atoms with Crippen molar-refractivity contribution in [2.75, 3.05) is 6.61 Å². The van der Waals surface area contributed by atoms with Gasteiger partial charge in [0.25, 0.3) is 0 Å². The molecule has 0 aliphatic rings. The van der Waals surface area contributed by atoms with E-state index in [9.17, 15) is 4.79 Å². The van der Waals surface area contributed by atoms with Crippen LogP contribution in [0.4, 0.5) is 0 Å². The Kier molecular flexibility index (Phi) is 3.77. The number of ether oxygens (including phenoxy) is 2. The molecule has 17 heavy (non-hydrogen) atoms. The molecule has 1 aromatic heterocycles. The summed E-state index contributed by atoms with van der Waals surface area (Å²) >= 11 is 1.46. The third-order valence-electron chi connectivity index (χ3n) is 2.11. The lowest BCUT2D eigenvalue weighted by Crippen LogP contribution is -2.08. The lowest BCUT2D eigenvalue weighted by molar-refractivity contribution is 0.0729. The Morgan fingerprint density at radius 1 is 1.24 bits per heavy atom. The molecule has 0 amide bonds. The summed E-state index contributed by atoms with van der Waals surface area (Å²) in [6.07, 6.45) is 0. The minimum Gasteiger partial charge on any atom is -0.490 e. The summed E-state index contributed by atoms with van der Waals surface area (Å²) in [6.45, 7) is 2.42. The second-order valence-electron chi connectivity index (χ2n) is 3.28. The first kappa shape index (κ1) is 11.7. The van der Waals surface area contributed by atoms with Crippen LogP contribution >= 0.6 is 11.3 Å². The predicted molar refractivity (Wildman–Crippen MR) is 66.9 cm³/mol. The standard InChI is InChI=1S/C13H12O3S/c1-2-15-11-5-3-4-6-12(11)16-13(14)10-7-8-17-9-10/h3-9H,2H2,1H3. The number of esters is 1. The molecular formula is C13H12O3S. The van der Waals surface area contributed by atoms with Gasteiger partial charge in [0.15, 0.2) is 11.5 Å². The van der Waals surface area contributed by atoms with E-state index < -0.39 is 0 Å². The van der Waals surface area contributed by atoms with E-state index in [0.717, 1.165) is 0 Å². The number of para-hydroxylation sites is 2. The first-order chi connectivity index (χ1) is 8.31. The summed E-state index contributed by atoms with van der Waals surface area (Å²) < 4.78 is 10.7. The maximum Gasteiger partial charge on any atom is 0.344 e. The average molecular weight is 248 g/mol. The van der Waals surface area contributed by atoms with Crippen molar-refractivity contribution in [3.05, 3.63) is 46.7 Å². The number of hydrogen-bond acceptors (Lipinski definition) is 4. The van der Waals surface area contributed by atoms with E-state index in [2.05, 4.69) is 0 Å². The van der Waals surface area contributed by atoms with Crippen LogP contribution in [0.5, 0.6) is 11.5 Å². The number of carbonyl (C=O) groups excluding carboxylic acids is 1. The van der Waals surface area contributed by atoms with E-state index in [1.165, 1.54) is 11.3 Å². The van der Waals surface area contributed by atoms with E-state index in [1.54, 1.807) is 29.6 Å².